The Bertz CT molecular complexity index is 969. The number of phenols is 1. The monoisotopic (exact) mass is 359 g/mol. The molecule has 5 heteroatoms. The van der Waals surface area contributed by atoms with Gasteiger partial charge >= 0.3 is 0 Å². The Balaban J connectivity index is 1.82. The van der Waals surface area contributed by atoms with Crippen molar-refractivity contribution in [1.82, 2.24) is 0 Å². The highest BCUT2D eigenvalue weighted by Gasteiger charge is 2.12. The molecule has 0 unspecified atom stereocenters. The van der Waals surface area contributed by atoms with Crippen LogP contribution in [-0.2, 0) is 11.2 Å². The molecule has 0 bridgehead atoms. The van der Waals surface area contributed by atoms with Crippen LogP contribution in [0.2, 0.25) is 0 Å². The molecule has 1 amide bonds. The summed E-state index contributed by atoms with van der Waals surface area (Å²) in [6.07, 6.45) is 2.10. The molecule has 0 aliphatic heterocycles. The van der Waals surface area contributed by atoms with E-state index in [-0.39, 0.29) is 11.7 Å². The maximum absolute atomic E-state index is 12.4. The van der Waals surface area contributed by atoms with Gasteiger partial charge in [-0.15, -0.1) is 0 Å². The van der Waals surface area contributed by atoms with E-state index in [9.17, 15) is 9.90 Å². The van der Waals surface area contributed by atoms with E-state index in [1.54, 1.807) is 30.3 Å². The number of anilines is 2. The molecule has 0 atom stereocenters. The van der Waals surface area contributed by atoms with Crippen LogP contribution in [0.3, 0.4) is 0 Å². The standard InChI is InChI=1S/C22H21N3O2/c23-14-19-20(24)12-17(16-7-4-8-18(26)11-16)13-21(19)25-22(27)10-9-15-5-2-1-3-6-15/h1-8,11-14,23,26H,9-10,24H2,(H,25,27). The quantitative estimate of drug-likeness (QED) is 0.392. The molecule has 3 aromatic carbocycles. The topological polar surface area (TPSA) is 99.2 Å². The third kappa shape index (κ3) is 4.52. The van der Waals surface area contributed by atoms with E-state index in [4.69, 9.17) is 11.1 Å². The predicted octanol–water partition coefficient (Wildman–Crippen LogP) is 4.21. The summed E-state index contributed by atoms with van der Waals surface area (Å²) in [5.41, 5.74) is 10.1. The molecule has 0 fully saturated rings. The molecule has 3 aromatic rings. The SMILES string of the molecule is N=Cc1c(N)cc(-c2cccc(O)c2)cc1NC(=O)CCc1ccccc1. The van der Waals surface area contributed by atoms with Crippen molar-refractivity contribution in [3.8, 4) is 16.9 Å². The third-order valence-electron chi connectivity index (χ3n) is 4.29. The van der Waals surface area contributed by atoms with E-state index in [0.29, 0.717) is 29.8 Å². The first-order chi connectivity index (χ1) is 13.1. The van der Waals surface area contributed by atoms with Gasteiger partial charge in [-0.05, 0) is 47.4 Å². The fourth-order valence-electron chi connectivity index (χ4n) is 2.91. The number of carbonyl (C=O) groups excluding carboxylic acids is 1. The number of rotatable bonds is 6. The molecule has 0 spiro atoms. The van der Waals surface area contributed by atoms with Gasteiger partial charge in [-0.2, -0.15) is 0 Å². The van der Waals surface area contributed by atoms with Crippen LogP contribution in [-0.4, -0.2) is 17.2 Å². The number of phenolic OH excluding ortho intramolecular Hbond substituents is 1. The van der Waals surface area contributed by atoms with Crippen LogP contribution in [0.4, 0.5) is 11.4 Å². The van der Waals surface area contributed by atoms with Crippen molar-refractivity contribution in [3.05, 3.63) is 77.9 Å². The van der Waals surface area contributed by atoms with Crippen molar-refractivity contribution in [2.45, 2.75) is 12.8 Å². The van der Waals surface area contributed by atoms with E-state index >= 15 is 0 Å². The number of hydrogen-bond acceptors (Lipinski definition) is 4. The fourth-order valence-corrected chi connectivity index (χ4v) is 2.91. The number of hydrogen-bond donors (Lipinski definition) is 4. The normalized spacial score (nSPS) is 10.4. The molecule has 5 nitrogen and oxygen atoms in total. The minimum atomic E-state index is -0.144. The second-order valence-electron chi connectivity index (χ2n) is 6.26. The van der Waals surface area contributed by atoms with Gasteiger partial charge in [-0.1, -0.05) is 42.5 Å². The van der Waals surface area contributed by atoms with Crippen LogP contribution < -0.4 is 11.1 Å². The average molecular weight is 359 g/mol. The summed E-state index contributed by atoms with van der Waals surface area (Å²) in [6, 6.07) is 20.1. The first-order valence-corrected chi connectivity index (χ1v) is 8.64. The molecule has 0 aliphatic carbocycles. The van der Waals surface area contributed by atoms with Gasteiger partial charge < -0.3 is 21.6 Å². The Labute approximate surface area is 158 Å². The number of nitrogen functional groups attached to an aromatic ring is 1. The minimum absolute atomic E-state index is 0.144. The summed E-state index contributed by atoms with van der Waals surface area (Å²) in [5, 5.41) is 20.2. The number of aromatic hydroxyl groups is 1. The van der Waals surface area contributed by atoms with Crippen LogP contribution >= 0.6 is 0 Å². The van der Waals surface area contributed by atoms with Crippen molar-refractivity contribution >= 4 is 23.5 Å². The summed E-state index contributed by atoms with van der Waals surface area (Å²) in [7, 11) is 0. The summed E-state index contributed by atoms with van der Waals surface area (Å²) >= 11 is 0. The van der Waals surface area contributed by atoms with Gasteiger partial charge in [0.25, 0.3) is 0 Å². The zero-order chi connectivity index (χ0) is 19.2. The van der Waals surface area contributed by atoms with Crippen LogP contribution in [0.5, 0.6) is 5.75 Å². The van der Waals surface area contributed by atoms with Crippen molar-refractivity contribution in [2.24, 2.45) is 0 Å². The van der Waals surface area contributed by atoms with Gasteiger partial charge in [0.1, 0.15) is 5.75 Å². The smallest absolute Gasteiger partial charge is 0.224 e. The molecule has 0 saturated carbocycles. The second-order valence-corrected chi connectivity index (χ2v) is 6.26. The molecule has 5 N–H and O–H groups in total. The van der Waals surface area contributed by atoms with Gasteiger partial charge in [0.05, 0.1) is 5.69 Å². The van der Waals surface area contributed by atoms with E-state index in [1.165, 1.54) is 0 Å². The summed E-state index contributed by atoms with van der Waals surface area (Å²) in [6.45, 7) is 0. The molecule has 0 saturated heterocycles. The summed E-state index contributed by atoms with van der Waals surface area (Å²) in [4.78, 5) is 12.4. The number of amides is 1. The van der Waals surface area contributed by atoms with E-state index in [2.05, 4.69) is 5.32 Å². The summed E-state index contributed by atoms with van der Waals surface area (Å²) in [5.74, 6) is 0.00469. The molecule has 0 aliphatic rings. The lowest BCUT2D eigenvalue weighted by Crippen LogP contribution is -2.14. The van der Waals surface area contributed by atoms with Crippen molar-refractivity contribution in [2.75, 3.05) is 11.1 Å². The highest BCUT2D eigenvalue weighted by molar-refractivity contribution is 6.01. The number of nitrogens with two attached hydrogens (primary N) is 1. The Hall–Kier alpha value is -3.60. The van der Waals surface area contributed by atoms with Gasteiger partial charge in [-0.25, -0.2) is 0 Å². The zero-order valence-electron chi connectivity index (χ0n) is 14.8. The Morgan fingerprint density at radius 2 is 1.81 bits per heavy atom. The molecule has 136 valence electrons. The van der Waals surface area contributed by atoms with Crippen LogP contribution in [0.1, 0.15) is 17.5 Å². The lowest BCUT2D eigenvalue weighted by atomic mass is 10.0. The van der Waals surface area contributed by atoms with Gasteiger partial charge in [0.15, 0.2) is 0 Å². The molecular formula is C22H21N3O2. The lowest BCUT2D eigenvalue weighted by Gasteiger charge is -2.14. The molecule has 0 aromatic heterocycles. The number of aryl methyl sites for hydroxylation is 1. The zero-order valence-corrected chi connectivity index (χ0v) is 14.8. The van der Waals surface area contributed by atoms with Crippen molar-refractivity contribution in [1.29, 1.82) is 5.41 Å². The van der Waals surface area contributed by atoms with Crippen molar-refractivity contribution < 1.29 is 9.90 Å². The highest BCUT2D eigenvalue weighted by Crippen LogP contribution is 2.31. The maximum atomic E-state index is 12.4. The maximum Gasteiger partial charge on any atom is 0.224 e. The molecule has 0 heterocycles. The molecule has 27 heavy (non-hydrogen) atoms. The largest absolute Gasteiger partial charge is 0.508 e. The Kier molecular flexibility index (Phi) is 5.52. The minimum Gasteiger partial charge on any atom is -0.508 e. The van der Waals surface area contributed by atoms with E-state index < -0.39 is 0 Å². The average Bonchev–Trinajstić information content (AvgIpc) is 2.67. The Morgan fingerprint density at radius 3 is 2.52 bits per heavy atom. The molecule has 3 rings (SSSR count). The van der Waals surface area contributed by atoms with E-state index in [1.807, 2.05) is 36.4 Å². The molecular weight excluding hydrogens is 338 g/mol. The van der Waals surface area contributed by atoms with Crippen molar-refractivity contribution in [3.63, 3.8) is 0 Å². The number of benzene rings is 3. The number of nitrogens with one attached hydrogen (secondary N) is 2. The predicted molar refractivity (Wildman–Crippen MR) is 109 cm³/mol. The van der Waals surface area contributed by atoms with Gasteiger partial charge in [-0.3, -0.25) is 4.79 Å². The third-order valence-corrected chi connectivity index (χ3v) is 4.29. The van der Waals surface area contributed by atoms with Crippen LogP contribution in [0.25, 0.3) is 11.1 Å². The van der Waals surface area contributed by atoms with Gasteiger partial charge in [0.2, 0.25) is 5.91 Å². The lowest BCUT2D eigenvalue weighted by molar-refractivity contribution is -0.116. The summed E-state index contributed by atoms with van der Waals surface area (Å²) < 4.78 is 0. The number of carbonyl (C=O) groups is 1. The first kappa shape index (κ1) is 18.2. The second kappa shape index (κ2) is 8.19. The highest BCUT2D eigenvalue weighted by atomic mass is 16.3. The Morgan fingerprint density at radius 1 is 1.04 bits per heavy atom. The first-order valence-electron chi connectivity index (χ1n) is 8.64. The van der Waals surface area contributed by atoms with Gasteiger partial charge in [0, 0.05) is 23.9 Å². The van der Waals surface area contributed by atoms with Crippen LogP contribution in [0.15, 0.2) is 66.7 Å². The fraction of sp³-hybridized carbons (Fsp3) is 0.0909. The molecule has 0 radical (unpaired) electrons. The van der Waals surface area contributed by atoms with Crippen LogP contribution in [0, 0.1) is 5.41 Å². The van der Waals surface area contributed by atoms with E-state index in [0.717, 1.165) is 22.9 Å².